The molecule has 2 aromatic rings. The van der Waals surface area contributed by atoms with E-state index in [1.807, 2.05) is 19.1 Å². The summed E-state index contributed by atoms with van der Waals surface area (Å²) in [5.74, 6) is 0.451. The number of hydrogen-bond donors (Lipinski definition) is 1. The Morgan fingerprint density at radius 1 is 1.21 bits per heavy atom. The summed E-state index contributed by atoms with van der Waals surface area (Å²) in [5, 5.41) is 1.84. The Morgan fingerprint density at radius 3 is 2.68 bits per heavy atom. The van der Waals surface area contributed by atoms with Gasteiger partial charge in [0, 0.05) is 4.90 Å². The molecule has 0 aliphatic heterocycles. The Bertz CT molecular complexity index is 593. The summed E-state index contributed by atoms with van der Waals surface area (Å²) in [6, 6.07) is 9.06. The Kier molecular flexibility index (Phi) is 4.80. The van der Waals surface area contributed by atoms with Crippen LogP contribution in [0.25, 0.3) is 0 Å². The SMILES string of the molecule is CCOc1nc(Sc2ccc(Cl)c(Cl)c2)ccc1N. The van der Waals surface area contributed by atoms with Crippen LogP contribution in [0.5, 0.6) is 5.88 Å². The zero-order valence-electron chi connectivity index (χ0n) is 10.2. The molecule has 2 rings (SSSR count). The molecule has 1 heterocycles. The zero-order valence-corrected chi connectivity index (χ0v) is 12.5. The van der Waals surface area contributed by atoms with E-state index < -0.39 is 0 Å². The van der Waals surface area contributed by atoms with Crippen molar-refractivity contribution in [2.45, 2.75) is 16.8 Å². The standard InChI is InChI=1S/C13H12Cl2N2OS/c1-2-18-13-11(16)5-6-12(17-13)19-8-3-4-9(14)10(15)7-8/h3-7H,2,16H2,1H3. The van der Waals surface area contributed by atoms with Crippen LogP contribution in [-0.4, -0.2) is 11.6 Å². The molecule has 0 radical (unpaired) electrons. The lowest BCUT2D eigenvalue weighted by atomic mass is 10.4. The van der Waals surface area contributed by atoms with Crippen LogP contribution < -0.4 is 10.5 Å². The monoisotopic (exact) mass is 314 g/mol. The predicted molar refractivity (Wildman–Crippen MR) is 80.4 cm³/mol. The second kappa shape index (κ2) is 6.37. The fraction of sp³-hybridized carbons (Fsp3) is 0.154. The minimum absolute atomic E-state index is 0.451. The van der Waals surface area contributed by atoms with Crippen molar-refractivity contribution >= 4 is 40.7 Å². The van der Waals surface area contributed by atoms with Gasteiger partial charge in [0.2, 0.25) is 5.88 Å². The van der Waals surface area contributed by atoms with E-state index >= 15 is 0 Å². The highest BCUT2D eigenvalue weighted by molar-refractivity contribution is 7.99. The molecule has 0 bridgehead atoms. The lowest BCUT2D eigenvalue weighted by molar-refractivity contribution is 0.326. The number of rotatable bonds is 4. The van der Waals surface area contributed by atoms with Gasteiger partial charge in [-0.05, 0) is 37.3 Å². The first kappa shape index (κ1) is 14.3. The summed E-state index contributed by atoms with van der Waals surface area (Å²) in [6.45, 7) is 2.41. The third-order valence-corrected chi connectivity index (χ3v) is 3.92. The minimum atomic E-state index is 0.451. The van der Waals surface area contributed by atoms with Gasteiger partial charge < -0.3 is 10.5 Å². The number of hydrogen-bond acceptors (Lipinski definition) is 4. The molecular formula is C13H12Cl2N2OS. The number of ether oxygens (including phenoxy) is 1. The smallest absolute Gasteiger partial charge is 0.238 e. The van der Waals surface area contributed by atoms with Crippen molar-refractivity contribution in [2.24, 2.45) is 0 Å². The maximum Gasteiger partial charge on any atom is 0.238 e. The molecule has 0 fully saturated rings. The fourth-order valence-electron chi connectivity index (χ4n) is 1.40. The van der Waals surface area contributed by atoms with Crippen molar-refractivity contribution in [3.63, 3.8) is 0 Å². The molecule has 1 aromatic carbocycles. The van der Waals surface area contributed by atoms with Crippen molar-refractivity contribution in [3.05, 3.63) is 40.4 Å². The summed E-state index contributed by atoms with van der Waals surface area (Å²) in [7, 11) is 0. The first-order valence-corrected chi connectivity index (χ1v) is 7.19. The molecule has 100 valence electrons. The number of aromatic nitrogens is 1. The Labute approximate surface area is 126 Å². The van der Waals surface area contributed by atoms with Crippen LogP contribution in [0.15, 0.2) is 40.3 Å². The first-order valence-electron chi connectivity index (χ1n) is 5.62. The van der Waals surface area contributed by atoms with Crippen LogP contribution in [0.2, 0.25) is 10.0 Å². The van der Waals surface area contributed by atoms with Crippen LogP contribution in [0.1, 0.15) is 6.92 Å². The van der Waals surface area contributed by atoms with E-state index in [0.717, 1.165) is 9.92 Å². The number of nitrogens with zero attached hydrogens (tertiary/aromatic N) is 1. The third-order valence-electron chi connectivity index (χ3n) is 2.26. The molecule has 0 aliphatic carbocycles. The van der Waals surface area contributed by atoms with Crippen LogP contribution in [-0.2, 0) is 0 Å². The predicted octanol–water partition coefficient (Wildman–Crippen LogP) is 4.52. The molecule has 19 heavy (non-hydrogen) atoms. The topological polar surface area (TPSA) is 48.1 Å². The maximum absolute atomic E-state index is 5.98. The average molecular weight is 315 g/mol. The Balaban J connectivity index is 2.22. The zero-order chi connectivity index (χ0) is 13.8. The van der Waals surface area contributed by atoms with Crippen molar-refractivity contribution in [1.29, 1.82) is 0 Å². The number of halogens is 2. The van der Waals surface area contributed by atoms with Gasteiger partial charge in [0.25, 0.3) is 0 Å². The van der Waals surface area contributed by atoms with Crippen molar-refractivity contribution < 1.29 is 4.74 Å². The van der Waals surface area contributed by atoms with Crippen LogP contribution in [0.3, 0.4) is 0 Å². The van der Waals surface area contributed by atoms with Crippen molar-refractivity contribution in [1.82, 2.24) is 4.98 Å². The number of pyridine rings is 1. The highest BCUT2D eigenvalue weighted by atomic mass is 35.5. The molecule has 0 saturated carbocycles. The fourth-order valence-corrected chi connectivity index (χ4v) is 2.59. The first-order chi connectivity index (χ1) is 9.10. The lowest BCUT2D eigenvalue weighted by Crippen LogP contribution is -1.99. The molecule has 3 nitrogen and oxygen atoms in total. The summed E-state index contributed by atoms with van der Waals surface area (Å²) < 4.78 is 5.36. The van der Waals surface area contributed by atoms with Crippen molar-refractivity contribution in [3.8, 4) is 5.88 Å². The largest absolute Gasteiger partial charge is 0.476 e. The van der Waals surface area contributed by atoms with E-state index in [4.69, 9.17) is 33.7 Å². The van der Waals surface area contributed by atoms with Gasteiger partial charge in [0.05, 0.1) is 22.3 Å². The minimum Gasteiger partial charge on any atom is -0.476 e. The molecule has 6 heteroatoms. The highest BCUT2D eigenvalue weighted by Gasteiger charge is 2.06. The lowest BCUT2D eigenvalue weighted by Gasteiger charge is -2.08. The van der Waals surface area contributed by atoms with E-state index in [1.54, 1.807) is 18.2 Å². The number of anilines is 1. The van der Waals surface area contributed by atoms with Gasteiger partial charge in [-0.25, -0.2) is 4.98 Å². The van der Waals surface area contributed by atoms with Gasteiger partial charge in [0.15, 0.2) is 0 Å². The van der Waals surface area contributed by atoms with E-state index in [0.29, 0.717) is 28.2 Å². The molecule has 0 spiro atoms. The molecule has 0 atom stereocenters. The van der Waals surface area contributed by atoms with Gasteiger partial charge in [0.1, 0.15) is 5.03 Å². The second-order valence-corrected chi connectivity index (χ2v) is 5.56. The summed E-state index contributed by atoms with van der Waals surface area (Å²) >= 11 is 13.3. The summed E-state index contributed by atoms with van der Waals surface area (Å²) in [4.78, 5) is 5.30. The van der Waals surface area contributed by atoms with E-state index in [1.165, 1.54) is 11.8 Å². The molecule has 0 unspecified atom stereocenters. The van der Waals surface area contributed by atoms with Gasteiger partial charge in [-0.15, -0.1) is 0 Å². The van der Waals surface area contributed by atoms with Crippen LogP contribution in [0.4, 0.5) is 5.69 Å². The molecule has 1 aromatic heterocycles. The van der Waals surface area contributed by atoms with Gasteiger partial charge in [-0.3, -0.25) is 0 Å². The molecule has 0 amide bonds. The number of nitrogen functional groups attached to an aromatic ring is 1. The quantitative estimate of drug-likeness (QED) is 0.901. The normalized spacial score (nSPS) is 10.5. The number of benzene rings is 1. The third kappa shape index (κ3) is 3.69. The molecule has 2 N–H and O–H groups in total. The molecular weight excluding hydrogens is 303 g/mol. The number of nitrogens with two attached hydrogens (primary N) is 1. The van der Waals surface area contributed by atoms with E-state index in [2.05, 4.69) is 4.98 Å². The Morgan fingerprint density at radius 2 is 2.00 bits per heavy atom. The second-order valence-electron chi connectivity index (χ2n) is 3.65. The average Bonchev–Trinajstić information content (AvgIpc) is 2.38. The van der Waals surface area contributed by atoms with Gasteiger partial charge >= 0.3 is 0 Å². The van der Waals surface area contributed by atoms with Crippen LogP contribution in [0, 0.1) is 0 Å². The maximum atomic E-state index is 5.98. The molecule has 0 saturated heterocycles. The molecule has 0 aliphatic rings. The van der Waals surface area contributed by atoms with E-state index in [9.17, 15) is 0 Å². The van der Waals surface area contributed by atoms with Crippen LogP contribution >= 0.6 is 35.0 Å². The Hall–Kier alpha value is -1.10. The van der Waals surface area contributed by atoms with E-state index in [-0.39, 0.29) is 0 Å². The summed E-state index contributed by atoms with van der Waals surface area (Å²) in [5.41, 5.74) is 6.31. The summed E-state index contributed by atoms with van der Waals surface area (Å²) in [6.07, 6.45) is 0. The van der Waals surface area contributed by atoms with Gasteiger partial charge in [-0.1, -0.05) is 35.0 Å². The van der Waals surface area contributed by atoms with Gasteiger partial charge in [-0.2, -0.15) is 0 Å². The highest BCUT2D eigenvalue weighted by Crippen LogP contribution is 2.33. The van der Waals surface area contributed by atoms with Crippen molar-refractivity contribution in [2.75, 3.05) is 12.3 Å².